The first-order chi connectivity index (χ1) is 8.54. The van der Waals surface area contributed by atoms with Crippen molar-refractivity contribution in [2.45, 2.75) is 19.3 Å². The smallest absolute Gasteiger partial charge is 0.285 e. The van der Waals surface area contributed by atoms with E-state index in [9.17, 15) is 14.9 Å². The standard InChI is InChI=1S/C11H14BrN3O3/c12-9-5-4-8(7-10(9)15(17)18)14-11(16)3-1-2-6-13/h4-5,7H,1-3,6,13H2,(H,14,16). The van der Waals surface area contributed by atoms with E-state index in [4.69, 9.17) is 5.73 Å². The van der Waals surface area contributed by atoms with Crippen molar-refractivity contribution in [3.8, 4) is 0 Å². The Balaban J connectivity index is 2.65. The number of rotatable bonds is 6. The molecule has 18 heavy (non-hydrogen) atoms. The van der Waals surface area contributed by atoms with Crippen molar-refractivity contribution in [2.75, 3.05) is 11.9 Å². The number of nitrogens with zero attached hydrogens (tertiary/aromatic N) is 1. The summed E-state index contributed by atoms with van der Waals surface area (Å²) < 4.78 is 0.383. The normalized spacial score (nSPS) is 10.1. The van der Waals surface area contributed by atoms with Crippen LogP contribution in [0.15, 0.2) is 22.7 Å². The van der Waals surface area contributed by atoms with Crippen LogP contribution in [-0.4, -0.2) is 17.4 Å². The summed E-state index contributed by atoms with van der Waals surface area (Å²) in [5.41, 5.74) is 5.67. The van der Waals surface area contributed by atoms with Gasteiger partial charge in [-0.2, -0.15) is 0 Å². The molecule has 0 aliphatic rings. The van der Waals surface area contributed by atoms with E-state index in [-0.39, 0.29) is 11.6 Å². The van der Waals surface area contributed by atoms with Gasteiger partial charge >= 0.3 is 0 Å². The first kappa shape index (κ1) is 14.6. The molecule has 0 saturated heterocycles. The zero-order chi connectivity index (χ0) is 13.5. The monoisotopic (exact) mass is 315 g/mol. The molecular formula is C11H14BrN3O3. The minimum Gasteiger partial charge on any atom is -0.330 e. The number of hydrogen-bond acceptors (Lipinski definition) is 4. The van der Waals surface area contributed by atoms with E-state index in [2.05, 4.69) is 21.2 Å². The third-order valence-corrected chi connectivity index (χ3v) is 2.96. The lowest BCUT2D eigenvalue weighted by Crippen LogP contribution is -2.12. The van der Waals surface area contributed by atoms with E-state index in [1.54, 1.807) is 6.07 Å². The SMILES string of the molecule is NCCCCC(=O)Nc1ccc(Br)c([N+](=O)[O-])c1. The van der Waals surface area contributed by atoms with Gasteiger partial charge in [0.25, 0.3) is 5.69 Å². The second kappa shape index (κ2) is 7.07. The van der Waals surface area contributed by atoms with Gasteiger partial charge in [-0.05, 0) is 47.4 Å². The number of benzene rings is 1. The third kappa shape index (κ3) is 4.42. The van der Waals surface area contributed by atoms with Crippen molar-refractivity contribution < 1.29 is 9.72 Å². The number of amides is 1. The summed E-state index contributed by atoms with van der Waals surface area (Å²) >= 11 is 3.08. The van der Waals surface area contributed by atoms with Gasteiger partial charge in [0.15, 0.2) is 0 Å². The molecule has 1 rings (SSSR count). The van der Waals surface area contributed by atoms with Gasteiger partial charge in [-0.1, -0.05) is 0 Å². The number of carbonyl (C=O) groups excluding carboxylic acids is 1. The molecule has 0 aromatic heterocycles. The van der Waals surface area contributed by atoms with Gasteiger partial charge in [-0.15, -0.1) is 0 Å². The number of nitro groups is 1. The summed E-state index contributed by atoms with van der Waals surface area (Å²) in [5, 5.41) is 13.3. The van der Waals surface area contributed by atoms with Crippen LogP contribution < -0.4 is 11.1 Å². The zero-order valence-electron chi connectivity index (χ0n) is 9.69. The molecule has 98 valence electrons. The number of anilines is 1. The number of unbranched alkanes of at least 4 members (excludes halogenated alkanes) is 1. The van der Waals surface area contributed by atoms with Gasteiger partial charge in [0.05, 0.1) is 9.40 Å². The Hall–Kier alpha value is -1.47. The van der Waals surface area contributed by atoms with Crippen LogP contribution >= 0.6 is 15.9 Å². The molecule has 1 aromatic carbocycles. The lowest BCUT2D eigenvalue weighted by molar-refractivity contribution is -0.385. The molecule has 7 heteroatoms. The Bertz CT molecular complexity index is 451. The highest BCUT2D eigenvalue weighted by Gasteiger charge is 2.13. The van der Waals surface area contributed by atoms with Gasteiger partial charge < -0.3 is 11.1 Å². The molecule has 0 fully saturated rings. The Labute approximate surface area is 113 Å². The van der Waals surface area contributed by atoms with Crippen LogP contribution in [0, 0.1) is 10.1 Å². The molecule has 0 aliphatic heterocycles. The molecular weight excluding hydrogens is 302 g/mol. The van der Waals surface area contributed by atoms with E-state index in [1.165, 1.54) is 12.1 Å². The van der Waals surface area contributed by atoms with Crippen LogP contribution in [0.2, 0.25) is 0 Å². The topological polar surface area (TPSA) is 98.3 Å². The zero-order valence-corrected chi connectivity index (χ0v) is 11.3. The van der Waals surface area contributed by atoms with E-state index in [0.717, 1.165) is 6.42 Å². The Kier molecular flexibility index (Phi) is 5.73. The van der Waals surface area contributed by atoms with Crippen molar-refractivity contribution in [3.63, 3.8) is 0 Å². The number of nitrogens with two attached hydrogens (primary N) is 1. The quantitative estimate of drug-likeness (QED) is 0.478. The predicted octanol–water partition coefficient (Wildman–Crippen LogP) is 2.42. The molecule has 0 saturated carbocycles. The molecule has 3 N–H and O–H groups in total. The molecule has 0 aliphatic carbocycles. The maximum Gasteiger partial charge on any atom is 0.285 e. The second-order valence-corrected chi connectivity index (χ2v) is 4.57. The van der Waals surface area contributed by atoms with Crippen LogP contribution in [0.5, 0.6) is 0 Å². The second-order valence-electron chi connectivity index (χ2n) is 3.72. The first-order valence-corrected chi connectivity index (χ1v) is 6.27. The summed E-state index contributed by atoms with van der Waals surface area (Å²) in [6.45, 7) is 0.553. The number of halogens is 1. The highest BCUT2D eigenvalue weighted by Crippen LogP contribution is 2.27. The fourth-order valence-corrected chi connectivity index (χ4v) is 1.78. The Morgan fingerprint density at radius 1 is 1.44 bits per heavy atom. The summed E-state index contributed by atoms with van der Waals surface area (Å²) in [6, 6.07) is 4.47. The lowest BCUT2D eigenvalue weighted by Gasteiger charge is -2.05. The number of hydrogen-bond donors (Lipinski definition) is 2. The highest BCUT2D eigenvalue weighted by molar-refractivity contribution is 9.10. The number of nitro benzene ring substituents is 1. The molecule has 0 heterocycles. The van der Waals surface area contributed by atoms with Crippen molar-refractivity contribution in [1.29, 1.82) is 0 Å². The molecule has 6 nitrogen and oxygen atoms in total. The fourth-order valence-electron chi connectivity index (χ4n) is 1.38. The van der Waals surface area contributed by atoms with Crippen LogP contribution in [0.25, 0.3) is 0 Å². The summed E-state index contributed by atoms with van der Waals surface area (Å²) in [4.78, 5) is 21.7. The molecule has 0 atom stereocenters. The average Bonchev–Trinajstić information content (AvgIpc) is 2.31. The fraction of sp³-hybridized carbons (Fsp3) is 0.364. The Morgan fingerprint density at radius 3 is 2.78 bits per heavy atom. The van der Waals surface area contributed by atoms with Crippen molar-refractivity contribution >= 4 is 33.2 Å². The third-order valence-electron chi connectivity index (χ3n) is 2.28. The first-order valence-electron chi connectivity index (χ1n) is 5.48. The maximum atomic E-state index is 11.5. The number of carbonyl (C=O) groups is 1. The van der Waals surface area contributed by atoms with E-state index in [1.807, 2.05) is 0 Å². The molecule has 0 spiro atoms. The van der Waals surface area contributed by atoms with Gasteiger partial charge in [-0.3, -0.25) is 14.9 Å². The van der Waals surface area contributed by atoms with Crippen molar-refractivity contribution in [3.05, 3.63) is 32.8 Å². The molecule has 0 unspecified atom stereocenters. The van der Waals surface area contributed by atoms with Crippen molar-refractivity contribution in [2.24, 2.45) is 5.73 Å². The predicted molar refractivity (Wildman–Crippen MR) is 72.3 cm³/mol. The molecule has 0 bridgehead atoms. The van der Waals surface area contributed by atoms with Gasteiger partial charge in [0.1, 0.15) is 0 Å². The summed E-state index contributed by atoms with van der Waals surface area (Å²) in [5.74, 6) is -0.167. The van der Waals surface area contributed by atoms with Crippen LogP contribution in [-0.2, 0) is 4.79 Å². The number of nitrogens with one attached hydrogen (secondary N) is 1. The van der Waals surface area contributed by atoms with E-state index in [0.29, 0.717) is 29.5 Å². The molecule has 1 amide bonds. The van der Waals surface area contributed by atoms with E-state index < -0.39 is 4.92 Å². The molecule has 1 aromatic rings. The van der Waals surface area contributed by atoms with Gasteiger partial charge in [0, 0.05) is 18.2 Å². The molecule has 0 radical (unpaired) electrons. The van der Waals surface area contributed by atoms with Gasteiger partial charge in [-0.25, -0.2) is 0 Å². The lowest BCUT2D eigenvalue weighted by atomic mass is 10.2. The summed E-state index contributed by atoms with van der Waals surface area (Å²) in [7, 11) is 0. The minimum absolute atomic E-state index is 0.0743. The average molecular weight is 316 g/mol. The Morgan fingerprint density at radius 2 is 2.17 bits per heavy atom. The van der Waals surface area contributed by atoms with E-state index >= 15 is 0 Å². The highest BCUT2D eigenvalue weighted by atomic mass is 79.9. The van der Waals surface area contributed by atoms with Crippen LogP contribution in [0.1, 0.15) is 19.3 Å². The largest absolute Gasteiger partial charge is 0.330 e. The minimum atomic E-state index is -0.506. The van der Waals surface area contributed by atoms with Gasteiger partial charge in [0.2, 0.25) is 5.91 Å². The summed E-state index contributed by atoms with van der Waals surface area (Å²) in [6.07, 6.45) is 1.86. The van der Waals surface area contributed by atoms with Crippen molar-refractivity contribution in [1.82, 2.24) is 0 Å². The van der Waals surface area contributed by atoms with Crippen LogP contribution in [0.3, 0.4) is 0 Å². The van der Waals surface area contributed by atoms with Crippen LogP contribution in [0.4, 0.5) is 11.4 Å². The maximum absolute atomic E-state index is 11.5.